The van der Waals surface area contributed by atoms with E-state index in [0.29, 0.717) is 20.5 Å². The fraction of sp³-hybridized carbons (Fsp3) is 0.533. The van der Waals surface area contributed by atoms with Crippen LogP contribution in [0.1, 0.15) is 31.7 Å². The summed E-state index contributed by atoms with van der Waals surface area (Å²) in [7, 11) is 0. The quantitative estimate of drug-likeness (QED) is 0.510. The van der Waals surface area contributed by atoms with E-state index in [-0.39, 0.29) is 29.1 Å². The maximum absolute atomic E-state index is 11.6. The Bertz CT molecular complexity index is 839. The van der Waals surface area contributed by atoms with Gasteiger partial charge in [0.1, 0.15) is 4.47 Å². The molecule has 136 valence electrons. The second kappa shape index (κ2) is 7.02. The third-order valence-corrected chi connectivity index (χ3v) is 6.92. The smallest absolute Gasteiger partial charge is 0.312 e. The standard InChI is InChI=1S/C15H17Br2N5O2.ClH/c16-10-6-11-13(14(12(10)17)22(23)24)19-15(20-5-4-8(18)7-20)21(11)9-2-1-3-9;/h6,8-9H,1-5,7,18H2;1H/t8-;/m1./s1. The molecule has 25 heavy (non-hydrogen) atoms. The number of benzene rings is 1. The second-order valence-electron chi connectivity index (χ2n) is 6.51. The molecule has 1 atom stereocenters. The third kappa shape index (κ3) is 3.05. The lowest BCUT2D eigenvalue weighted by Crippen LogP contribution is -2.30. The van der Waals surface area contributed by atoms with Crippen molar-refractivity contribution < 1.29 is 4.92 Å². The molecule has 0 amide bonds. The predicted molar refractivity (Wildman–Crippen MR) is 107 cm³/mol. The molecule has 1 saturated carbocycles. The average Bonchev–Trinajstić information content (AvgIpc) is 3.03. The van der Waals surface area contributed by atoms with Crippen LogP contribution in [-0.2, 0) is 0 Å². The first-order valence-corrected chi connectivity index (χ1v) is 9.61. The minimum absolute atomic E-state index is 0. The number of aromatic nitrogens is 2. The first kappa shape index (κ1) is 18.9. The van der Waals surface area contributed by atoms with E-state index in [4.69, 9.17) is 10.7 Å². The molecular formula is C15H18Br2ClN5O2. The molecule has 0 spiro atoms. The number of halogens is 3. The summed E-state index contributed by atoms with van der Waals surface area (Å²) < 4.78 is 3.29. The number of fused-ring (bicyclic) bond motifs is 1. The summed E-state index contributed by atoms with van der Waals surface area (Å²) in [4.78, 5) is 18.1. The van der Waals surface area contributed by atoms with Gasteiger partial charge in [0.2, 0.25) is 5.95 Å². The van der Waals surface area contributed by atoms with Gasteiger partial charge in [0, 0.05) is 29.6 Å². The van der Waals surface area contributed by atoms with E-state index < -0.39 is 0 Å². The molecule has 2 N–H and O–H groups in total. The van der Waals surface area contributed by atoms with Gasteiger partial charge in [-0.15, -0.1) is 12.4 Å². The van der Waals surface area contributed by atoms with Crippen molar-refractivity contribution in [3.05, 3.63) is 25.1 Å². The van der Waals surface area contributed by atoms with Gasteiger partial charge in [-0.3, -0.25) is 10.1 Å². The van der Waals surface area contributed by atoms with Crippen LogP contribution in [-0.4, -0.2) is 33.6 Å². The topological polar surface area (TPSA) is 90.2 Å². The Morgan fingerprint density at radius 3 is 2.56 bits per heavy atom. The number of nitrogens with zero attached hydrogens (tertiary/aromatic N) is 4. The van der Waals surface area contributed by atoms with Crippen LogP contribution in [0.2, 0.25) is 0 Å². The molecule has 1 saturated heterocycles. The van der Waals surface area contributed by atoms with Crippen molar-refractivity contribution in [2.24, 2.45) is 5.73 Å². The molecule has 2 heterocycles. The van der Waals surface area contributed by atoms with E-state index in [1.807, 2.05) is 6.07 Å². The first-order chi connectivity index (χ1) is 11.5. The number of hydrogen-bond acceptors (Lipinski definition) is 5. The molecule has 0 radical (unpaired) electrons. The molecular weight excluding hydrogens is 477 g/mol. The summed E-state index contributed by atoms with van der Waals surface area (Å²) in [6, 6.07) is 2.42. The van der Waals surface area contributed by atoms with Gasteiger partial charge >= 0.3 is 5.69 Å². The molecule has 0 bridgehead atoms. The molecule has 4 rings (SSSR count). The lowest BCUT2D eigenvalue weighted by atomic mass is 9.92. The highest BCUT2D eigenvalue weighted by Gasteiger charge is 2.33. The molecule has 1 aliphatic heterocycles. The number of anilines is 1. The minimum Gasteiger partial charge on any atom is -0.341 e. The van der Waals surface area contributed by atoms with Crippen LogP contribution in [0.15, 0.2) is 15.0 Å². The Hall–Kier alpha value is -0.900. The average molecular weight is 496 g/mol. The molecule has 2 aliphatic rings. The SMILES string of the molecule is Cl.N[C@@H]1CCN(c2nc3c([N+](=O)[O-])c(Br)c(Br)cc3n2C2CCC2)C1. The van der Waals surface area contributed by atoms with Gasteiger partial charge in [-0.1, -0.05) is 0 Å². The van der Waals surface area contributed by atoms with Crippen LogP contribution >= 0.6 is 44.3 Å². The fourth-order valence-corrected chi connectivity index (χ4v) is 4.36. The van der Waals surface area contributed by atoms with Crippen LogP contribution in [0.4, 0.5) is 11.6 Å². The molecule has 2 aromatic rings. The molecule has 10 heteroatoms. The lowest BCUT2D eigenvalue weighted by Gasteiger charge is -2.31. The van der Waals surface area contributed by atoms with E-state index in [0.717, 1.165) is 43.8 Å². The summed E-state index contributed by atoms with van der Waals surface area (Å²) in [5, 5.41) is 11.6. The summed E-state index contributed by atoms with van der Waals surface area (Å²) in [5.74, 6) is 0.816. The minimum atomic E-state index is -0.366. The Balaban J connectivity index is 0.00000182. The summed E-state index contributed by atoms with van der Waals surface area (Å²) in [6.07, 6.45) is 4.27. The highest BCUT2D eigenvalue weighted by atomic mass is 79.9. The van der Waals surface area contributed by atoms with E-state index in [9.17, 15) is 10.1 Å². The normalized spacial score (nSPS) is 20.6. The van der Waals surface area contributed by atoms with Crippen molar-refractivity contribution in [3.63, 3.8) is 0 Å². The van der Waals surface area contributed by atoms with Crippen molar-refractivity contribution in [2.45, 2.75) is 37.8 Å². The summed E-state index contributed by atoms with van der Waals surface area (Å²) >= 11 is 6.76. The first-order valence-electron chi connectivity index (χ1n) is 8.02. The number of nitrogens with two attached hydrogens (primary N) is 1. The highest BCUT2D eigenvalue weighted by Crippen LogP contribution is 2.44. The predicted octanol–water partition coefficient (Wildman–Crippen LogP) is 4.15. The van der Waals surface area contributed by atoms with Crippen molar-refractivity contribution in [3.8, 4) is 0 Å². The maximum atomic E-state index is 11.6. The van der Waals surface area contributed by atoms with Gasteiger partial charge in [0.25, 0.3) is 0 Å². The molecule has 1 aromatic heterocycles. The largest absolute Gasteiger partial charge is 0.341 e. The Morgan fingerprint density at radius 2 is 2.04 bits per heavy atom. The van der Waals surface area contributed by atoms with Gasteiger partial charge in [-0.2, -0.15) is 0 Å². The van der Waals surface area contributed by atoms with Gasteiger partial charge in [-0.25, -0.2) is 4.98 Å². The lowest BCUT2D eigenvalue weighted by molar-refractivity contribution is -0.384. The maximum Gasteiger partial charge on any atom is 0.312 e. The van der Waals surface area contributed by atoms with Gasteiger partial charge < -0.3 is 15.2 Å². The number of hydrogen-bond donors (Lipinski definition) is 1. The molecule has 1 aliphatic carbocycles. The third-order valence-electron chi connectivity index (χ3n) is 4.96. The molecule has 1 aromatic carbocycles. The van der Waals surface area contributed by atoms with Crippen molar-refractivity contribution in [1.82, 2.24) is 9.55 Å². The monoisotopic (exact) mass is 493 g/mol. The van der Waals surface area contributed by atoms with Crippen LogP contribution < -0.4 is 10.6 Å². The van der Waals surface area contributed by atoms with Crippen LogP contribution in [0.5, 0.6) is 0 Å². The number of nitro groups is 1. The zero-order valence-corrected chi connectivity index (χ0v) is 17.3. The van der Waals surface area contributed by atoms with Crippen LogP contribution in [0, 0.1) is 10.1 Å². The number of imidazole rings is 1. The highest BCUT2D eigenvalue weighted by molar-refractivity contribution is 9.13. The fourth-order valence-electron chi connectivity index (χ4n) is 3.51. The zero-order chi connectivity index (χ0) is 17.0. The van der Waals surface area contributed by atoms with Gasteiger partial charge in [-0.05, 0) is 63.6 Å². The molecule has 2 fully saturated rings. The van der Waals surface area contributed by atoms with Crippen LogP contribution in [0.25, 0.3) is 11.0 Å². The van der Waals surface area contributed by atoms with E-state index in [1.165, 1.54) is 6.42 Å². The number of rotatable bonds is 3. The van der Waals surface area contributed by atoms with Crippen molar-refractivity contribution >= 4 is 66.9 Å². The van der Waals surface area contributed by atoms with E-state index in [2.05, 4.69) is 41.3 Å². The van der Waals surface area contributed by atoms with Crippen molar-refractivity contribution in [2.75, 3.05) is 18.0 Å². The Labute approximate surface area is 167 Å². The summed E-state index contributed by atoms with van der Waals surface area (Å²) in [5.41, 5.74) is 7.33. The molecule has 0 unspecified atom stereocenters. The number of nitro benzene ring substituents is 1. The molecule has 7 nitrogen and oxygen atoms in total. The second-order valence-corrected chi connectivity index (χ2v) is 8.15. The Kier molecular flexibility index (Phi) is 5.30. The Morgan fingerprint density at radius 1 is 1.32 bits per heavy atom. The van der Waals surface area contributed by atoms with E-state index >= 15 is 0 Å². The van der Waals surface area contributed by atoms with Crippen molar-refractivity contribution in [1.29, 1.82) is 0 Å². The van der Waals surface area contributed by atoms with Crippen LogP contribution in [0.3, 0.4) is 0 Å². The van der Waals surface area contributed by atoms with Gasteiger partial charge in [0.15, 0.2) is 5.52 Å². The van der Waals surface area contributed by atoms with E-state index in [1.54, 1.807) is 0 Å². The summed E-state index contributed by atoms with van der Waals surface area (Å²) in [6.45, 7) is 1.58. The zero-order valence-electron chi connectivity index (χ0n) is 13.3. The van der Waals surface area contributed by atoms with Gasteiger partial charge in [0.05, 0.1) is 10.4 Å².